The summed E-state index contributed by atoms with van der Waals surface area (Å²) in [6.07, 6.45) is 3.76. The van der Waals surface area contributed by atoms with Gasteiger partial charge in [0.1, 0.15) is 5.82 Å². The van der Waals surface area contributed by atoms with Crippen LogP contribution in [0.3, 0.4) is 0 Å². The van der Waals surface area contributed by atoms with Gasteiger partial charge in [0.2, 0.25) is 0 Å². The van der Waals surface area contributed by atoms with Crippen LogP contribution in [0, 0.1) is 6.92 Å². The molecule has 0 aromatic carbocycles. The maximum atomic E-state index is 12.6. The Bertz CT molecular complexity index is 924. The van der Waals surface area contributed by atoms with Gasteiger partial charge in [0.25, 0.3) is 5.91 Å². The minimum atomic E-state index is -0.189. The first-order chi connectivity index (χ1) is 10.9. The number of pyridine rings is 1. The number of aryl methyl sites for hydroxylation is 2. The van der Waals surface area contributed by atoms with Crippen molar-refractivity contribution in [2.24, 2.45) is 0 Å². The molecule has 1 aliphatic carbocycles. The van der Waals surface area contributed by atoms with Gasteiger partial charge < -0.3 is 4.98 Å². The molecule has 6 nitrogen and oxygen atoms in total. The average molecular weight is 327 g/mol. The number of carbonyl (C=O) groups is 1. The second-order valence-electron chi connectivity index (χ2n) is 6.51. The molecule has 118 valence electrons. The number of nitrogens with one attached hydrogen (secondary N) is 2. The fraction of sp³-hybridized carbons (Fsp3) is 0.375. The van der Waals surface area contributed by atoms with Gasteiger partial charge in [-0.2, -0.15) is 0 Å². The quantitative estimate of drug-likeness (QED) is 0.757. The van der Waals surface area contributed by atoms with E-state index in [4.69, 9.17) is 0 Å². The molecule has 7 heteroatoms. The summed E-state index contributed by atoms with van der Waals surface area (Å²) in [6, 6.07) is 1.69. The molecule has 0 fully saturated rings. The second kappa shape index (κ2) is 4.86. The van der Waals surface area contributed by atoms with Crippen LogP contribution in [0.5, 0.6) is 0 Å². The summed E-state index contributed by atoms with van der Waals surface area (Å²) in [5, 5.41) is 3.58. The first-order valence-electron chi connectivity index (χ1n) is 7.57. The molecule has 0 aliphatic heterocycles. The number of carbonyl (C=O) groups excluding carboxylic acids is 1. The molecule has 0 spiro atoms. The van der Waals surface area contributed by atoms with E-state index in [1.54, 1.807) is 23.6 Å². The van der Waals surface area contributed by atoms with Gasteiger partial charge in [0.15, 0.2) is 10.8 Å². The summed E-state index contributed by atoms with van der Waals surface area (Å²) >= 11 is 1.57. The minimum Gasteiger partial charge on any atom is -0.340 e. The number of H-pyrrole nitrogens is 1. The highest BCUT2D eigenvalue weighted by Gasteiger charge is 2.34. The van der Waals surface area contributed by atoms with Crippen LogP contribution in [0.25, 0.3) is 11.2 Å². The Labute approximate surface area is 137 Å². The summed E-state index contributed by atoms with van der Waals surface area (Å²) < 4.78 is 0. The highest BCUT2D eigenvalue weighted by molar-refractivity contribution is 7.16. The van der Waals surface area contributed by atoms with Crippen molar-refractivity contribution in [3.8, 4) is 0 Å². The standard InChI is InChI=1S/C16H17N5OS/c1-8-18-11-9(5-7-17-13(11)19-8)14(22)21-15-20-12-10(23-15)4-6-16(12,2)3/h5,7H,4,6H2,1-3H3,(H,17,18,19)(H,20,21,22). The zero-order valence-electron chi connectivity index (χ0n) is 13.2. The third-order valence-corrected chi connectivity index (χ3v) is 5.32. The first kappa shape index (κ1) is 14.3. The molecule has 0 saturated heterocycles. The Balaban J connectivity index is 1.65. The van der Waals surface area contributed by atoms with E-state index in [9.17, 15) is 4.79 Å². The highest BCUT2D eigenvalue weighted by atomic mass is 32.1. The molecule has 3 heterocycles. The van der Waals surface area contributed by atoms with Crippen molar-refractivity contribution in [1.29, 1.82) is 0 Å². The van der Waals surface area contributed by atoms with Crippen molar-refractivity contribution in [2.45, 2.75) is 39.0 Å². The summed E-state index contributed by atoms with van der Waals surface area (Å²) in [6.45, 7) is 6.24. The van der Waals surface area contributed by atoms with Crippen LogP contribution in [0.1, 0.15) is 47.0 Å². The number of hydrogen-bond donors (Lipinski definition) is 2. The van der Waals surface area contributed by atoms with Crippen LogP contribution in [0.4, 0.5) is 5.13 Å². The third kappa shape index (κ3) is 2.31. The lowest BCUT2D eigenvalue weighted by atomic mass is 9.91. The molecule has 0 bridgehead atoms. The summed E-state index contributed by atoms with van der Waals surface area (Å²) in [7, 11) is 0. The smallest absolute Gasteiger partial charge is 0.259 e. The number of aromatic amines is 1. The molecular formula is C16H17N5OS. The predicted octanol–water partition coefficient (Wildman–Crippen LogP) is 3.20. The monoisotopic (exact) mass is 327 g/mol. The largest absolute Gasteiger partial charge is 0.340 e. The number of nitrogens with zero attached hydrogens (tertiary/aromatic N) is 3. The maximum absolute atomic E-state index is 12.6. The lowest BCUT2D eigenvalue weighted by Crippen LogP contribution is -2.15. The van der Waals surface area contributed by atoms with Crippen molar-refractivity contribution in [3.05, 3.63) is 34.2 Å². The molecule has 23 heavy (non-hydrogen) atoms. The van der Waals surface area contributed by atoms with Crippen molar-refractivity contribution < 1.29 is 4.79 Å². The van der Waals surface area contributed by atoms with Gasteiger partial charge >= 0.3 is 0 Å². The number of fused-ring (bicyclic) bond motifs is 2. The molecule has 4 rings (SSSR count). The van der Waals surface area contributed by atoms with E-state index in [2.05, 4.69) is 39.1 Å². The zero-order chi connectivity index (χ0) is 16.2. The molecular weight excluding hydrogens is 310 g/mol. The Morgan fingerprint density at radius 2 is 2.22 bits per heavy atom. The average Bonchev–Trinajstić information content (AvgIpc) is 3.13. The van der Waals surface area contributed by atoms with Crippen LogP contribution in [0.15, 0.2) is 12.3 Å². The molecule has 0 radical (unpaired) electrons. The lowest BCUT2D eigenvalue weighted by Gasteiger charge is -2.15. The number of amides is 1. The fourth-order valence-electron chi connectivity index (χ4n) is 3.03. The summed E-state index contributed by atoms with van der Waals surface area (Å²) in [4.78, 5) is 30.1. The SMILES string of the molecule is Cc1nc2nccc(C(=O)Nc3nc4c(s3)CCC4(C)C)c2[nH]1. The number of hydrogen-bond acceptors (Lipinski definition) is 5. The van der Waals surface area contributed by atoms with Gasteiger partial charge in [-0.15, -0.1) is 11.3 Å². The van der Waals surface area contributed by atoms with Crippen molar-refractivity contribution in [2.75, 3.05) is 5.32 Å². The van der Waals surface area contributed by atoms with Gasteiger partial charge in [0.05, 0.1) is 16.8 Å². The molecule has 0 saturated carbocycles. The fourth-order valence-corrected chi connectivity index (χ4v) is 4.16. The third-order valence-electron chi connectivity index (χ3n) is 4.29. The molecule has 1 aliphatic rings. The number of rotatable bonds is 2. The Morgan fingerprint density at radius 1 is 1.39 bits per heavy atom. The van der Waals surface area contributed by atoms with Crippen LogP contribution in [0.2, 0.25) is 0 Å². The van der Waals surface area contributed by atoms with E-state index >= 15 is 0 Å². The van der Waals surface area contributed by atoms with Crippen LogP contribution >= 0.6 is 11.3 Å². The van der Waals surface area contributed by atoms with Crippen molar-refractivity contribution in [3.63, 3.8) is 0 Å². The van der Waals surface area contributed by atoms with Crippen LogP contribution in [-0.2, 0) is 11.8 Å². The Hall–Kier alpha value is -2.28. The lowest BCUT2D eigenvalue weighted by molar-refractivity contribution is 0.102. The van der Waals surface area contributed by atoms with E-state index in [1.165, 1.54) is 4.88 Å². The maximum Gasteiger partial charge on any atom is 0.259 e. The normalized spacial score (nSPS) is 15.8. The zero-order valence-corrected chi connectivity index (χ0v) is 14.0. The van der Waals surface area contributed by atoms with E-state index in [1.807, 2.05) is 6.92 Å². The number of anilines is 1. The van der Waals surface area contributed by atoms with Crippen molar-refractivity contribution >= 4 is 33.5 Å². The minimum absolute atomic E-state index is 0.0965. The van der Waals surface area contributed by atoms with Crippen LogP contribution < -0.4 is 5.32 Å². The summed E-state index contributed by atoms with van der Waals surface area (Å²) in [5.41, 5.74) is 2.96. The molecule has 3 aromatic heterocycles. The van der Waals surface area contributed by atoms with Gasteiger partial charge in [-0.05, 0) is 25.8 Å². The summed E-state index contributed by atoms with van der Waals surface area (Å²) in [5.74, 6) is 0.550. The van der Waals surface area contributed by atoms with Gasteiger partial charge in [-0.25, -0.2) is 15.0 Å². The topological polar surface area (TPSA) is 83.6 Å². The predicted molar refractivity (Wildman–Crippen MR) is 90.0 cm³/mol. The van der Waals surface area contributed by atoms with Gasteiger partial charge in [0, 0.05) is 16.5 Å². The van der Waals surface area contributed by atoms with E-state index < -0.39 is 0 Å². The van der Waals surface area contributed by atoms with E-state index in [0.29, 0.717) is 21.9 Å². The van der Waals surface area contributed by atoms with Crippen molar-refractivity contribution in [1.82, 2.24) is 19.9 Å². The van der Waals surface area contributed by atoms with Gasteiger partial charge in [-0.3, -0.25) is 10.1 Å². The van der Waals surface area contributed by atoms with E-state index in [0.717, 1.165) is 24.4 Å². The van der Waals surface area contributed by atoms with E-state index in [-0.39, 0.29) is 11.3 Å². The highest BCUT2D eigenvalue weighted by Crippen LogP contribution is 2.42. The molecule has 2 N–H and O–H groups in total. The Kier molecular flexibility index (Phi) is 3.02. The number of aromatic nitrogens is 4. The number of imidazole rings is 1. The van der Waals surface area contributed by atoms with Gasteiger partial charge in [-0.1, -0.05) is 13.8 Å². The molecule has 0 atom stereocenters. The second-order valence-corrected chi connectivity index (χ2v) is 7.59. The first-order valence-corrected chi connectivity index (χ1v) is 8.38. The molecule has 0 unspecified atom stereocenters. The number of thiazole rings is 1. The molecule has 3 aromatic rings. The molecule has 1 amide bonds. The van der Waals surface area contributed by atoms with Crippen LogP contribution in [-0.4, -0.2) is 25.8 Å². The Morgan fingerprint density at radius 3 is 3.00 bits per heavy atom.